The van der Waals surface area contributed by atoms with E-state index >= 15 is 0 Å². The Morgan fingerprint density at radius 1 is 1.33 bits per heavy atom. The van der Waals surface area contributed by atoms with Crippen molar-refractivity contribution in [3.8, 4) is 0 Å². The molecule has 0 unspecified atom stereocenters. The molecule has 114 valence electrons. The first-order valence-electron chi connectivity index (χ1n) is 7.62. The third-order valence-electron chi connectivity index (χ3n) is 4.33. The number of aryl methyl sites for hydroxylation is 1. The van der Waals surface area contributed by atoms with Crippen LogP contribution in [0.5, 0.6) is 0 Å². The lowest BCUT2D eigenvalue weighted by atomic mass is 9.93. The highest BCUT2D eigenvalue weighted by Gasteiger charge is 2.48. The van der Waals surface area contributed by atoms with Crippen molar-refractivity contribution in [2.24, 2.45) is 0 Å². The van der Waals surface area contributed by atoms with Crippen LogP contribution in [0.25, 0.3) is 0 Å². The molecule has 0 bridgehead atoms. The zero-order valence-electron chi connectivity index (χ0n) is 12.3. The fraction of sp³-hybridized carbons (Fsp3) is 0.714. The minimum atomic E-state index is -0.662. The second kappa shape index (κ2) is 5.46. The molecule has 1 spiro atoms. The van der Waals surface area contributed by atoms with E-state index in [1.54, 1.807) is 9.58 Å². The molecule has 2 fully saturated rings. The number of nitrogens with one attached hydrogen (secondary N) is 1. The van der Waals surface area contributed by atoms with E-state index in [0.29, 0.717) is 6.54 Å². The summed E-state index contributed by atoms with van der Waals surface area (Å²) in [4.78, 5) is 30.6. The van der Waals surface area contributed by atoms with Crippen molar-refractivity contribution in [1.29, 1.82) is 0 Å². The fourth-order valence-corrected chi connectivity index (χ4v) is 3.33. The number of aromatic nitrogens is 3. The van der Waals surface area contributed by atoms with Gasteiger partial charge in [0.05, 0.1) is 6.54 Å². The number of nitrogens with zero attached hydrogens (tertiary/aromatic N) is 4. The van der Waals surface area contributed by atoms with Gasteiger partial charge in [0.2, 0.25) is 11.8 Å². The Balaban J connectivity index is 1.79. The smallest absolute Gasteiger partial charge is 0.249 e. The van der Waals surface area contributed by atoms with Gasteiger partial charge in [-0.1, -0.05) is 19.8 Å². The van der Waals surface area contributed by atoms with Gasteiger partial charge in [-0.05, 0) is 19.3 Å². The highest BCUT2D eigenvalue weighted by Crippen LogP contribution is 2.33. The number of rotatable bonds is 4. The van der Waals surface area contributed by atoms with Gasteiger partial charge in [0.15, 0.2) is 0 Å². The minimum Gasteiger partial charge on any atom is -0.340 e. The summed E-state index contributed by atoms with van der Waals surface area (Å²) in [5.41, 5.74) is -0.662. The molecule has 1 aromatic rings. The van der Waals surface area contributed by atoms with Crippen LogP contribution in [-0.2, 0) is 22.7 Å². The Morgan fingerprint density at radius 2 is 2.10 bits per heavy atom. The Morgan fingerprint density at radius 3 is 2.81 bits per heavy atom. The topological polar surface area (TPSA) is 80.1 Å². The Hall–Kier alpha value is -1.92. The number of carbonyl (C=O) groups excluding carboxylic acids is 2. The zero-order valence-corrected chi connectivity index (χ0v) is 12.3. The lowest BCUT2D eigenvalue weighted by molar-refractivity contribution is -0.150. The first-order valence-corrected chi connectivity index (χ1v) is 7.62. The average Bonchev–Trinajstić information content (AvgIpc) is 3.07. The first kappa shape index (κ1) is 14.0. The molecule has 2 aliphatic rings. The summed E-state index contributed by atoms with van der Waals surface area (Å²) in [7, 11) is 0. The lowest BCUT2D eigenvalue weighted by Crippen LogP contribution is -2.65. The summed E-state index contributed by atoms with van der Waals surface area (Å²) in [6, 6.07) is 0. The van der Waals surface area contributed by atoms with E-state index in [2.05, 4.69) is 22.3 Å². The first-order chi connectivity index (χ1) is 10.1. The molecule has 1 saturated heterocycles. The molecule has 7 nitrogen and oxygen atoms in total. The van der Waals surface area contributed by atoms with Crippen LogP contribution in [0.1, 0.15) is 44.9 Å². The predicted molar refractivity (Wildman–Crippen MR) is 75.1 cm³/mol. The molecular formula is C14H21N5O2. The molecule has 7 heteroatoms. The normalized spacial score (nSPS) is 21.1. The molecule has 1 aromatic heterocycles. The van der Waals surface area contributed by atoms with E-state index in [1.165, 1.54) is 6.33 Å². The predicted octanol–water partition coefficient (Wildman–Crippen LogP) is 0.459. The molecule has 0 atom stereocenters. The van der Waals surface area contributed by atoms with Gasteiger partial charge >= 0.3 is 0 Å². The van der Waals surface area contributed by atoms with Crippen molar-refractivity contribution < 1.29 is 9.59 Å². The van der Waals surface area contributed by atoms with Gasteiger partial charge in [-0.25, -0.2) is 9.67 Å². The highest BCUT2D eigenvalue weighted by atomic mass is 16.2. The van der Waals surface area contributed by atoms with Crippen molar-refractivity contribution >= 4 is 11.8 Å². The molecule has 2 heterocycles. The van der Waals surface area contributed by atoms with E-state index in [-0.39, 0.29) is 18.4 Å². The second-order valence-corrected chi connectivity index (χ2v) is 5.90. The summed E-state index contributed by atoms with van der Waals surface area (Å²) in [5, 5.41) is 7.09. The van der Waals surface area contributed by atoms with E-state index in [0.717, 1.165) is 44.5 Å². The van der Waals surface area contributed by atoms with E-state index in [4.69, 9.17) is 0 Å². The molecule has 1 N–H and O–H groups in total. The van der Waals surface area contributed by atoms with Crippen LogP contribution in [-0.4, -0.2) is 43.6 Å². The molecule has 3 rings (SSSR count). The molecular weight excluding hydrogens is 270 g/mol. The highest BCUT2D eigenvalue weighted by molar-refractivity contribution is 5.98. The van der Waals surface area contributed by atoms with E-state index < -0.39 is 5.54 Å². The maximum Gasteiger partial charge on any atom is 0.249 e. The Kier molecular flexibility index (Phi) is 3.65. The lowest BCUT2D eigenvalue weighted by Gasteiger charge is -2.39. The maximum absolute atomic E-state index is 12.7. The Labute approximate surface area is 123 Å². The largest absolute Gasteiger partial charge is 0.340 e. The number of hydrogen-bond donors (Lipinski definition) is 1. The van der Waals surface area contributed by atoms with Gasteiger partial charge in [0.25, 0.3) is 0 Å². The van der Waals surface area contributed by atoms with Crippen LogP contribution in [0.2, 0.25) is 0 Å². The molecule has 0 radical (unpaired) electrons. The van der Waals surface area contributed by atoms with Crippen LogP contribution >= 0.6 is 0 Å². The Bertz CT molecular complexity index is 547. The summed E-state index contributed by atoms with van der Waals surface area (Å²) in [6.45, 7) is 3.31. The number of hydrogen-bond acceptors (Lipinski definition) is 4. The molecule has 1 saturated carbocycles. The van der Waals surface area contributed by atoms with Gasteiger partial charge in [-0.2, -0.15) is 5.10 Å². The summed E-state index contributed by atoms with van der Waals surface area (Å²) >= 11 is 0. The van der Waals surface area contributed by atoms with E-state index in [1.807, 2.05) is 0 Å². The maximum atomic E-state index is 12.7. The van der Waals surface area contributed by atoms with Gasteiger partial charge in [0.1, 0.15) is 24.2 Å². The molecule has 1 aliphatic carbocycles. The SMILES string of the molecule is CCCn1ncnc1CN1CC(=O)NC2(CCCC2)C1=O. The zero-order chi connectivity index (χ0) is 14.9. The standard InChI is InChI=1S/C14H21N5O2/c1-2-7-19-11(15-10-16-19)8-18-9-12(20)17-14(13(18)21)5-3-4-6-14/h10H,2-9H2,1H3,(H,17,20). The third kappa shape index (κ3) is 2.52. The monoisotopic (exact) mass is 291 g/mol. The number of piperazine rings is 1. The van der Waals surface area contributed by atoms with Crippen LogP contribution in [0, 0.1) is 0 Å². The van der Waals surface area contributed by atoms with Crippen molar-refractivity contribution in [3.05, 3.63) is 12.2 Å². The fourth-order valence-electron chi connectivity index (χ4n) is 3.33. The van der Waals surface area contributed by atoms with Gasteiger partial charge < -0.3 is 10.2 Å². The van der Waals surface area contributed by atoms with Crippen molar-refractivity contribution in [3.63, 3.8) is 0 Å². The van der Waals surface area contributed by atoms with Crippen LogP contribution in [0.4, 0.5) is 0 Å². The van der Waals surface area contributed by atoms with Crippen molar-refractivity contribution in [1.82, 2.24) is 25.0 Å². The summed E-state index contributed by atoms with van der Waals surface area (Å²) in [5.74, 6) is 0.705. The second-order valence-electron chi connectivity index (χ2n) is 5.90. The van der Waals surface area contributed by atoms with E-state index in [9.17, 15) is 9.59 Å². The van der Waals surface area contributed by atoms with Crippen LogP contribution in [0.15, 0.2) is 6.33 Å². The van der Waals surface area contributed by atoms with Gasteiger partial charge in [-0.15, -0.1) is 0 Å². The molecule has 1 aliphatic heterocycles. The summed E-state index contributed by atoms with van der Waals surface area (Å²) in [6.07, 6.45) is 5.93. The number of amides is 2. The average molecular weight is 291 g/mol. The van der Waals surface area contributed by atoms with Crippen molar-refractivity contribution in [2.75, 3.05) is 6.54 Å². The molecule has 21 heavy (non-hydrogen) atoms. The van der Waals surface area contributed by atoms with Crippen LogP contribution < -0.4 is 5.32 Å². The summed E-state index contributed by atoms with van der Waals surface area (Å²) < 4.78 is 1.81. The van der Waals surface area contributed by atoms with Gasteiger partial charge in [-0.3, -0.25) is 9.59 Å². The molecule has 0 aromatic carbocycles. The number of carbonyl (C=O) groups is 2. The van der Waals surface area contributed by atoms with Crippen molar-refractivity contribution in [2.45, 2.75) is 57.7 Å². The quantitative estimate of drug-likeness (QED) is 0.874. The van der Waals surface area contributed by atoms with Gasteiger partial charge in [0, 0.05) is 6.54 Å². The minimum absolute atomic E-state index is 0.0330. The van der Waals surface area contributed by atoms with Crippen LogP contribution in [0.3, 0.4) is 0 Å². The third-order valence-corrected chi connectivity index (χ3v) is 4.33. The molecule has 2 amide bonds.